The molecule has 3 N–H and O–H groups in total. The molecular formula is C25H32F2N4O5S. The van der Waals surface area contributed by atoms with Crippen molar-refractivity contribution in [1.29, 1.82) is 0 Å². The third kappa shape index (κ3) is 4.95. The van der Waals surface area contributed by atoms with Crippen LogP contribution < -0.4 is 16.5 Å². The molecule has 2 aliphatic heterocycles. The fourth-order valence-electron chi connectivity index (χ4n) is 4.68. The number of piperidine rings is 1. The minimum Gasteiger partial charge on any atom is -0.462 e. The standard InChI is InChI=1S/C25H32F2N4O5S/c1-6-35-23(33)15-21(32)14-18(28)16(26)19(17(27)20(14)31-12(2)11-37-22(15)31)29-13-7-9-30(10-8-13)24(34)36-25(3,4)5/h12-13,29H,6-11,28H2,1-5H3/t12-/m1/s1. The molecule has 0 unspecified atom stereocenters. The summed E-state index contributed by atoms with van der Waals surface area (Å²) in [6, 6.07) is -0.615. The average Bonchev–Trinajstić information content (AvgIpc) is 3.19. The van der Waals surface area contributed by atoms with Crippen LogP contribution in [-0.4, -0.2) is 58.6 Å². The number of carbonyl (C=O) groups is 2. The Morgan fingerprint density at radius 2 is 1.84 bits per heavy atom. The molecule has 9 nitrogen and oxygen atoms in total. The Bertz CT molecular complexity index is 1320. The molecular weight excluding hydrogens is 506 g/mol. The molecule has 3 heterocycles. The zero-order valence-corrected chi connectivity index (χ0v) is 22.4. The maximum Gasteiger partial charge on any atom is 0.410 e. The highest BCUT2D eigenvalue weighted by Crippen LogP contribution is 2.42. The van der Waals surface area contributed by atoms with Crippen molar-refractivity contribution in [2.45, 2.75) is 70.2 Å². The molecule has 202 valence electrons. The van der Waals surface area contributed by atoms with Gasteiger partial charge in [-0.1, -0.05) is 0 Å². The summed E-state index contributed by atoms with van der Waals surface area (Å²) >= 11 is 1.24. The molecule has 0 spiro atoms. The SMILES string of the molecule is CCOC(=O)c1c2n(c3c(F)c(NC4CCN(C(=O)OC(C)(C)C)CC4)c(F)c(N)c3c1=O)[C@H](C)CS2. The van der Waals surface area contributed by atoms with Gasteiger partial charge in [-0.25, -0.2) is 18.4 Å². The lowest BCUT2D eigenvalue weighted by Crippen LogP contribution is -2.44. The van der Waals surface area contributed by atoms with E-state index in [2.05, 4.69) is 5.32 Å². The van der Waals surface area contributed by atoms with Crippen LogP contribution in [0.4, 0.5) is 25.0 Å². The largest absolute Gasteiger partial charge is 0.462 e. The minimum atomic E-state index is -1.09. The summed E-state index contributed by atoms with van der Waals surface area (Å²) in [6.45, 7) is 9.53. The number of esters is 1. The summed E-state index contributed by atoms with van der Waals surface area (Å²) < 4.78 is 43.5. The number of hydrogen-bond acceptors (Lipinski definition) is 8. The predicted octanol–water partition coefficient (Wildman–Crippen LogP) is 4.52. The fourth-order valence-corrected chi connectivity index (χ4v) is 5.96. The number of nitrogens with one attached hydrogen (secondary N) is 1. The second-order valence-electron chi connectivity index (χ2n) is 10.3. The molecule has 1 saturated heterocycles. The number of hydrogen-bond donors (Lipinski definition) is 2. The Balaban J connectivity index is 1.71. The van der Waals surface area contributed by atoms with Gasteiger partial charge in [-0.15, -0.1) is 11.8 Å². The number of anilines is 2. The van der Waals surface area contributed by atoms with Crippen molar-refractivity contribution >= 4 is 46.1 Å². The number of benzene rings is 1. The van der Waals surface area contributed by atoms with Gasteiger partial charge in [0.05, 0.1) is 28.2 Å². The van der Waals surface area contributed by atoms with Crippen molar-refractivity contribution in [3.8, 4) is 0 Å². The number of nitrogens with zero attached hydrogens (tertiary/aromatic N) is 2. The number of pyridine rings is 1. The van der Waals surface area contributed by atoms with E-state index in [0.717, 1.165) is 0 Å². The first-order chi connectivity index (χ1) is 17.4. The second kappa shape index (κ2) is 10.0. The van der Waals surface area contributed by atoms with E-state index >= 15 is 8.78 Å². The first-order valence-electron chi connectivity index (χ1n) is 12.3. The molecule has 37 heavy (non-hydrogen) atoms. The Morgan fingerprint density at radius 3 is 2.43 bits per heavy atom. The van der Waals surface area contributed by atoms with Crippen LogP contribution in [0.5, 0.6) is 0 Å². The Labute approximate surface area is 217 Å². The maximum absolute atomic E-state index is 16.0. The molecule has 1 fully saturated rings. The van der Waals surface area contributed by atoms with E-state index in [0.29, 0.717) is 31.7 Å². The molecule has 1 aromatic heterocycles. The Morgan fingerprint density at radius 1 is 1.19 bits per heavy atom. The van der Waals surface area contributed by atoms with E-state index in [9.17, 15) is 14.4 Å². The number of likely N-dealkylation sites (tertiary alicyclic amines) is 1. The zero-order valence-electron chi connectivity index (χ0n) is 21.6. The molecule has 1 amide bonds. The van der Waals surface area contributed by atoms with E-state index in [1.807, 2.05) is 6.92 Å². The molecule has 0 saturated carbocycles. The summed E-state index contributed by atoms with van der Waals surface area (Å²) in [4.78, 5) is 39.8. The van der Waals surface area contributed by atoms with Crippen molar-refractivity contribution < 1.29 is 27.8 Å². The van der Waals surface area contributed by atoms with Crippen LogP contribution in [0.2, 0.25) is 0 Å². The van der Waals surface area contributed by atoms with Crippen LogP contribution in [0, 0.1) is 11.6 Å². The van der Waals surface area contributed by atoms with E-state index in [1.54, 1.807) is 32.6 Å². The van der Waals surface area contributed by atoms with Crippen molar-refractivity contribution in [2.75, 3.05) is 36.5 Å². The number of amides is 1. The van der Waals surface area contributed by atoms with Gasteiger partial charge in [0.2, 0.25) is 5.43 Å². The number of carbonyl (C=O) groups excluding carboxylic acids is 2. The highest BCUT2D eigenvalue weighted by Gasteiger charge is 2.35. The van der Waals surface area contributed by atoms with Crippen LogP contribution in [0.15, 0.2) is 9.82 Å². The van der Waals surface area contributed by atoms with Crippen LogP contribution in [0.3, 0.4) is 0 Å². The van der Waals surface area contributed by atoms with Crippen molar-refractivity contribution in [1.82, 2.24) is 9.47 Å². The number of aromatic nitrogens is 1. The predicted molar refractivity (Wildman–Crippen MR) is 138 cm³/mol. The first kappa shape index (κ1) is 27.0. The van der Waals surface area contributed by atoms with Gasteiger partial charge in [-0.2, -0.15) is 0 Å². The summed E-state index contributed by atoms with van der Waals surface area (Å²) in [5.74, 6) is -2.39. The quantitative estimate of drug-likeness (QED) is 0.431. The van der Waals surface area contributed by atoms with E-state index in [-0.39, 0.29) is 40.2 Å². The zero-order chi connectivity index (χ0) is 27.2. The summed E-state index contributed by atoms with van der Waals surface area (Å²) in [5.41, 5.74) is 3.24. The number of nitrogen functional groups attached to an aromatic ring is 1. The minimum absolute atomic E-state index is 0.0454. The van der Waals surface area contributed by atoms with E-state index < -0.39 is 46.1 Å². The Kier molecular flexibility index (Phi) is 7.33. The van der Waals surface area contributed by atoms with Crippen LogP contribution >= 0.6 is 11.8 Å². The molecule has 0 bridgehead atoms. The van der Waals surface area contributed by atoms with Gasteiger partial charge in [0.1, 0.15) is 16.9 Å². The molecule has 0 aliphatic carbocycles. The molecule has 2 aliphatic rings. The lowest BCUT2D eigenvalue weighted by atomic mass is 10.0. The Hall–Kier alpha value is -3.02. The number of fused-ring (bicyclic) bond motifs is 3. The van der Waals surface area contributed by atoms with Gasteiger partial charge in [-0.05, 0) is 47.5 Å². The van der Waals surface area contributed by atoms with E-state index in [1.165, 1.54) is 16.3 Å². The molecule has 2 aromatic rings. The molecule has 1 atom stereocenters. The van der Waals surface area contributed by atoms with Crippen molar-refractivity contribution in [3.05, 3.63) is 27.4 Å². The molecule has 12 heteroatoms. The third-order valence-corrected chi connectivity index (χ3v) is 7.72. The highest BCUT2D eigenvalue weighted by atomic mass is 32.2. The summed E-state index contributed by atoms with van der Waals surface area (Å²) in [6.07, 6.45) is 0.432. The lowest BCUT2D eigenvalue weighted by Gasteiger charge is -2.34. The van der Waals surface area contributed by atoms with Gasteiger partial charge in [0.25, 0.3) is 0 Å². The van der Waals surface area contributed by atoms with Gasteiger partial charge in [0, 0.05) is 30.9 Å². The first-order valence-corrected chi connectivity index (χ1v) is 13.3. The van der Waals surface area contributed by atoms with Gasteiger partial charge in [0.15, 0.2) is 11.6 Å². The highest BCUT2D eigenvalue weighted by molar-refractivity contribution is 7.99. The smallest absolute Gasteiger partial charge is 0.410 e. The fraction of sp³-hybridized carbons (Fsp3) is 0.560. The summed E-state index contributed by atoms with van der Waals surface area (Å²) in [7, 11) is 0. The summed E-state index contributed by atoms with van der Waals surface area (Å²) in [5, 5.41) is 2.83. The number of nitrogens with two attached hydrogens (primary N) is 1. The van der Waals surface area contributed by atoms with E-state index in [4.69, 9.17) is 15.2 Å². The monoisotopic (exact) mass is 538 g/mol. The molecule has 1 aromatic carbocycles. The number of thioether (sulfide) groups is 1. The number of rotatable bonds is 4. The van der Waals surface area contributed by atoms with Crippen molar-refractivity contribution in [3.63, 3.8) is 0 Å². The van der Waals surface area contributed by atoms with Gasteiger partial charge >= 0.3 is 12.1 Å². The van der Waals surface area contributed by atoms with Crippen LogP contribution in [0.1, 0.15) is 63.9 Å². The lowest BCUT2D eigenvalue weighted by molar-refractivity contribution is 0.0210. The maximum atomic E-state index is 16.0. The molecule has 0 radical (unpaired) electrons. The third-order valence-electron chi connectivity index (χ3n) is 6.39. The normalized spacial score (nSPS) is 18.1. The average molecular weight is 539 g/mol. The second-order valence-corrected chi connectivity index (χ2v) is 11.3. The van der Waals surface area contributed by atoms with Gasteiger partial charge < -0.3 is 30.0 Å². The topological polar surface area (TPSA) is 116 Å². The van der Waals surface area contributed by atoms with Crippen LogP contribution in [0.25, 0.3) is 10.9 Å². The van der Waals surface area contributed by atoms with Gasteiger partial charge in [-0.3, -0.25) is 4.79 Å². The van der Waals surface area contributed by atoms with Crippen molar-refractivity contribution in [2.24, 2.45) is 0 Å². The molecule has 4 rings (SSSR count). The van der Waals surface area contributed by atoms with Crippen LogP contribution in [-0.2, 0) is 9.47 Å². The number of ether oxygens (including phenoxy) is 2. The number of halogens is 2.